The van der Waals surface area contributed by atoms with Crippen molar-refractivity contribution in [2.24, 2.45) is 0 Å². The van der Waals surface area contributed by atoms with Gasteiger partial charge in [-0.2, -0.15) is 0 Å². The molecule has 0 saturated heterocycles. The summed E-state index contributed by atoms with van der Waals surface area (Å²) in [4.78, 5) is 28.8. The zero-order valence-electron chi connectivity index (χ0n) is 23.8. The minimum atomic E-state index is -4.14. The van der Waals surface area contributed by atoms with E-state index in [0.717, 1.165) is 27.4 Å². The van der Waals surface area contributed by atoms with Crippen molar-refractivity contribution in [3.05, 3.63) is 94.0 Å². The Kier molecular flexibility index (Phi) is 10.8. The molecule has 1 atom stereocenters. The molecular weight excluding hydrogens is 546 g/mol. The fourth-order valence-electron chi connectivity index (χ4n) is 4.43. The Bertz CT molecular complexity index is 1420. The smallest absolute Gasteiger partial charge is 0.264 e. The SMILES string of the molecule is CCCNC(=O)[C@H](CC)N(Cc1ccc(C)cc1)C(=O)CN(c1ccc(Cl)cc1C)S(=O)(=O)c1ccc(C)cc1. The van der Waals surface area contributed by atoms with Gasteiger partial charge in [0.15, 0.2) is 0 Å². The summed E-state index contributed by atoms with van der Waals surface area (Å²) in [5.41, 5.74) is 3.78. The van der Waals surface area contributed by atoms with Crippen molar-refractivity contribution in [2.45, 2.75) is 64.9 Å². The van der Waals surface area contributed by atoms with Gasteiger partial charge in [0, 0.05) is 18.1 Å². The van der Waals surface area contributed by atoms with Crippen LogP contribution in [0.15, 0.2) is 71.6 Å². The third-order valence-corrected chi connectivity index (χ3v) is 8.73. The van der Waals surface area contributed by atoms with Crippen molar-refractivity contribution in [1.82, 2.24) is 10.2 Å². The molecule has 0 heterocycles. The minimum Gasteiger partial charge on any atom is -0.354 e. The highest BCUT2D eigenvalue weighted by atomic mass is 35.5. The van der Waals surface area contributed by atoms with Gasteiger partial charge < -0.3 is 10.2 Å². The summed E-state index contributed by atoms with van der Waals surface area (Å²) in [6.07, 6.45) is 1.13. The number of carbonyl (C=O) groups is 2. The van der Waals surface area contributed by atoms with E-state index >= 15 is 0 Å². The Labute approximate surface area is 243 Å². The van der Waals surface area contributed by atoms with Gasteiger partial charge in [-0.1, -0.05) is 73.0 Å². The fourth-order valence-corrected chi connectivity index (χ4v) is 6.13. The van der Waals surface area contributed by atoms with E-state index in [2.05, 4.69) is 5.32 Å². The van der Waals surface area contributed by atoms with Gasteiger partial charge in [0.1, 0.15) is 12.6 Å². The number of hydrogen-bond acceptors (Lipinski definition) is 4. The maximum Gasteiger partial charge on any atom is 0.264 e. The Balaban J connectivity index is 2.08. The number of aryl methyl sites for hydroxylation is 3. The number of amides is 2. The molecule has 0 aliphatic heterocycles. The van der Waals surface area contributed by atoms with Crippen LogP contribution in [-0.4, -0.2) is 44.3 Å². The maximum atomic E-state index is 14.1. The molecule has 3 rings (SSSR count). The van der Waals surface area contributed by atoms with Crippen molar-refractivity contribution in [3.63, 3.8) is 0 Å². The van der Waals surface area contributed by atoms with Gasteiger partial charge in [-0.15, -0.1) is 0 Å². The van der Waals surface area contributed by atoms with Gasteiger partial charge in [0.25, 0.3) is 10.0 Å². The van der Waals surface area contributed by atoms with Crippen LogP contribution in [0.5, 0.6) is 0 Å². The molecule has 0 aromatic heterocycles. The van der Waals surface area contributed by atoms with E-state index in [9.17, 15) is 18.0 Å². The van der Waals surface area contributed by atoms with Crippen molar-refractivity contribution in [1.29, 1.82) is 0 Å². The van der Waals surface area contributed by atoms with Gasteiger partial charge in [-0.05, 0) is 75.1 Å². The Morgan fingerprint density at radius 2 is 1.50 bits per heavy atom. The van der Waals surface area contributed by atoms with Crippen LogP contribution in [0.1, 0.15) is 48.9 Å². The highest BCUT2D eigenvalue weighted by Gasteiger charge is 2.34. The van der Waals surface area contributed by atoms with Crippen LogP contribution in [0.2, 0.25) is 5.02 Å². The molecule has 3 aromatic carbocycles. The van der Waals surface area contributed by atoms with Crippen LogP contribution in [0, 0.1) is 20.8 Å². The van der Waals surface area contributed by atoms with Gasteiger partial charge in [-0.3, -0.25) is 13.9 Å². The third-order valence-electron chi connectivity index (χ3n) is 6.72. The molecule has 40 heavy (non-hydrogen) atoms. The molecule has 1 N–H and O–H groups in total. The van der Waals surface area contributed by atoms with E-state index in [4.69, 9.17) is 11.6 Å². The first-order chi connectivity index (χ1) is 19.0. The lowest BCUT2D eigenvalue weighted by atomic mass is 10.1. The van der Waals surface area contributed by atoms with E-state index in [-0.39, 0.29) is 17.3 Å². The summed E-state index contributed by atoms with van der Waals surface area (Å²) >= 11 is 6.18. The molecule has 0 saturated carbocycles. The number of rotatable bonds is 12. The molecule has 3 aromatic rings. The maximum absolute atomic E-state index is 14.1. The lowest BCUT2D eigenvalue weighted by Crippen LogP contribution is -2.52. The van der Waals surface area contributed by atoms with Crippen molar-refractivity contribution in [2.75, 3.05) is 17.4 Å². The second-order valence-corrected chi connectivity index (χ2v) is 12.3. The number of nitrogens with one attached hydrogen (secondary N) is 1. The Morgan fingerprint density at radius 1 is 0.900 bits per heavy atom. The van der Waals surface area contributed by atoms with Crippen LogP contribution >= 0.6 is 11.6 Å². The molecule has 0 unspecified atom stereocenters. The van der Waals surface area contributed by atoms with Gasteiger partial charge in [-0.25, -0.2) is 8.42 Å². The van der Waals surface area contributed by atoms with Crippen LogP contribution in [-0.2, 0) is 26.2 Å². The number of halogens is 1. The first-order valence-corrected chi connectivity index (χ1v) is 15.3. The van der Waals surface area contributed by atoms with Gasteiger partial charge in [0.05, 0.1) is 10.6 Å². The molecule has 0 bridgehead atoms. The Hall–Kier alpha value is -3.36. The van der Waals surface area contributed by atoms with Crippen molar-refractivity contribution < 1.29 is 18.0 Å². The van der Waals surface area contributed by atoms with E-state index in [1.54, 1.807) is 37.3 Å². The number of benzene rings is 3. The standard InChI is InChI=1S/C31H38ClN3O4S/c1-6-18-33-31(37)28(7-2)34(20-25-12-8-22(3)9-13-25)30(36)21-35(29-17-14-26(32)19-24(29)5)40(38,39)27-15-10-23(4)11-16-27/h8-17,19,28H,6-7,18,20-21H2,1-5H3,(H,33,37)/t28-/m0/s1. The minimum absolute atomic E-state index is 0.0677. The summed E-state index contributed by atoms with van der Waals surface area (Å²) in [5.74, 6) is -0.746. The number of sulfonamides is 1. The van der Waals surface area contributed by atoms with Crippen LogP contribution < -0.4 is 9.62 Å². The van der Waals surface area contributed by atoms with E-state index in [1.807, 2.05) is 52.0 Å². The molecule has 9 heteroatoms. The normalized spacial score (nSPS) is 12.1. The van der Waals surface area contributed by atoms with E-state index < -0.39 is 28.5 Å². The summed E-state index contributed by atoms with van der Waals surface area (Å²) in [7, 11) is -4.14. The molecular formula is C31H38ClN3O4S. The number of anilines is 1. The number of nitrogens with zero attached hydrogens (tertiary/aromatic N) is 2. The van der Waals surface area contributed by atoms with Crippen LogP contribution in [0.3, 0.4) is 0 Å². The predicted molar refractivity (Wildman–Crippen MR) is 161 cm³/mol. The van der Waals surface area contributed by atoms with Gasteiger partial charge in [0.2, 0.25) is 11.8 Å². The van der Waals surface area contributed by atoms with E-state index in [1.165, 1.54) is 17.0 Å². The topological polar surface area (TPSA) is 86.8 Å². The number of hydrogen-bond donors (Lipinski definition) is 1. The lowest BCUT2D eigenvalue weighted by Gasteiger charge is -2.33. The molecule has 2 amide bonds. The molecule has 0 spiro atoms. The zero-order chi connectivity index (χ0) is 29.4. The van der Waals surface area contributed by atoms with Crippen LogP contribution in [0.4, 0.5) is 5.69 Å². The first-order valence-electron chi connectivity index (χ1n) is 13.5. The molecule has 0 aliphatic rings. The van der Waals surface area contributed by atoms with Crippen molar-refractivity contribution in [3.8, 4) is 0 Å². The average molecular weight is 584 g/mol. The predicted octanol–water partition coefficient (Wildman–Crippen LogP) is 5.79. The highest BCUT2D eigenvalue weighted by molar-refractivity contribution is 7.92. The summed E-state index contributed by atoms with van der Waals surface area (Å²) in [6, 6.07) is 18.3. The summed E-state index contributed by atoms with van der Waals surface area (Å²) in [6.45, 7) is 9.56. The number of carbonyl (C=O) groups excluding carboxylic acids is 2. The first kappa shape index (κ1) is 31.2. The largest absolute Gasteiger partial charge is 0.354 e. The van der Waals surface area contributed by atoms with Gasteiger partial charge >= 0.3 is 0 Å². The quantitative estimate of drug-likeness (QED) is 0.292. The zero-order valence-corrected chi connectivity index (χ0v) is 25.3. The van der Waals surface area contributed by atoms with E-state index in [0.29, 0.717) is 29.2 Å². The highest BCUT2D eigenvalue weighted by Crippen LogP contribution is 2.29. The fraction of sp³-hybridized carbons (Fsp3) is 0.355. The van der Waals surface area contributed by atoms with Crippen LogP contribution in [0.25, 0.3) is 0 Å². The molecule has 0 radical (unpaired) electrons. The second-order valence-electron chi connectivity index (χ2n) is 9.98. The third kappa shape index (κ3) is 7.64. The molecule has 7 nitrogen and oxygen atoms in total. The molecule has 214 valence electrons. The second kappa shape index (κ2) is 13.8. The van der Waals surface area contributed by atoms with Crippen molar-refractivity contribution >= 4 is 39.1 Å². The average Bonchev–Trinajstić information content (AvgIpc) is 2.92. The molecule has 0 fully saturated rings. The molecule has 0 aliphatic carbocycles. The lowest BCUT2D eigenvalue weighted by molar-refractivity contribution is -0.140. The monoisotopic (exact) mass is 583 g/mol. The summed E-state index contributed by atoms with van der Waals surface area (Å²) < 4.78 is 29.1. The Morgan fingerprint density at radius 3 is 2.05 bits per heavy atom. The summed E-state index contributed by atoms with van der Waals surface area (Å²) in [5, 5.41) is 3.35.